The van der Waals surface area contributed by atoms with Crippen LogP contribution in [0.15, 0.2) is 18.2 Å². The summed E-state index contributed by atoms with van der Waals surface area (Å²) in [6.07, 6.45) is 1.24. The lowest BCUT2D eigenvalue weighted by Crippen LogP contribution is -2.28. The third-order valence-electron chi connectivity index (χ3n) is 3.35. The van der Waals surface area contributed by atoms with E-state index in [9.17, 15) is 9.90 Å². The first-order valence-corrected chi connectivity index (χ1v) is 7.11. The molecular weight excluding hydrogens is 280 g/mol. The number of carbonyl (C=O) groups excluding carboxylic acids is 1. The van der Waals surface area contributed by atoms with Gasteiger partial charge in [0.05, 0.1) is 23.4 Å². The highest BCUT2D eigenvalue weighted by Crippen LogP contribution is 2.24. The molecule has 2 rings (SSSR count). The second kappa shape index (κ2) is 6.92. The summed E-state index contributed by atoms with van der Waals surface area (Å²) in [5.74, 6) is 0.00456. The SMILES string of the molecule is O=C(c1ccc(Cl)c(NCC(O)CO)c1)N1CCCC1. The highest BCUT2D eigenvalue weighted by atomic mass is 35.5. The van der Waals surface area contributed by atoms with E-state index in [4.69, 9.17) is 16.7 Å². The van der Waals surface area contributed by atoms with E-state index in [1.165, 1.54) is 0 Å². The molecule has 0 aliphatic carbocycles. The molecule has 1 atom stereocenters. The van der Waals surface area contributed by atoms with Crippen LogP contribution in [0.2, 0.25) is 5.02 Å². The van der Waals surface area contributed by atoms with E-state index in [1.807, 2.05) is 4.90 Å². The van der Waals surface area contributed by atoms with Gasteiger partial charge < -0.3 is 20.4 Å². The Morgan fingerprint density at radius 3 is 2.75 bits per heavy atom. The quantitative estimate of drug-likeness (QED) is 0.767. The fourth-order valence-electron chi connectivity index (χ4n) is 2.19. The zero-order valence-corrected chi connectivity index (χ0v) is 11.9. The largest absolute Gasteiger partial charge is 0.394 e. The van der Waals surface area contributed by atoms with E-state index in [-0.39, 0.29) is 19.1 Å². The Morgan fingerprint density at radius 2 is 2.10 bits per heavy atom. The Labute approximate surface area is 123 Å². The number of likely N-dealkylation sites (tertiary alicyclic amines) is 1. The van der Waals surface area contributed by atoms with Crippen LogP contribution in [0.4, 0.5) is 5.69 Å². The highest BCUT2D eigenvalue weighted by molar-refractivity contribution is 6.33. The average molecular weight is 299 g/mol. The molecule has 0 radical (unpaired) electrons. The minimum absolute atomic E-state index is 0.00456. The van der Waals surface area contributed by atoms with Crippen molar-refractivity contribution >= 4 is 23.2 Å². The summed E-state index contributed by atoms with van der Waals surface area (Å²) in [5.41, 5.74) is 1.17. The number of amides is 1. The van der Waals surface area contributed by atoms with Crippen molar-refractivity contribution in [3.8, 4) is 0 Å². The summed E-state index contributed by atoms with van der Waals surface area (Å²) in [5, 5.41) is 21.5. The number of nitrogens with one attached hydrogen (secondary N) is 1. The van der Waals surface area contributed by atoms with E-state index in [2.05, 4.69) is 5.32 Å². The van der Waals surface area contributed by atoms with Gasteiger partial charge in [0.25, 0.3) is 5.91 Å². The second-order valence-corrected chi connectivity index (χ2v) is 5.32. The van der Waals surface area contributed by atoms with E-state index >= 15 is 0 Å². The normalized spacial score (nSPS) is 16.2. The van der Waals surface area contributed by atoms with Crippen molar-refractivity contribution in [2.75, 3.05) is 31.6 Å². The Hall–Kier alpha value is -1.30. The molecule has 1 saturated heterocycles. The molecule has 20 heavy (non-hydrogen) atoms. The van der Waals surface area contributed by atoms with Gasteiger partial charge in [-0.05, 0) is 31.0 Å². The molecule has 1 aromatic rings. The molecular formula is C14H19ClN2O3. The Balaban J connectivity index is 2.09. The second-order valence-electron chi connectivity index (χ2n) is 4.91. The van der Waals surface area contributed by atoms with Gasteiger partial charge in [-0.3, -0.25) is 4.79 Å². The van der Waals surface area contributed by atoms with Gasteiger partial charge in [0.1, 0.15) is 0 Å². The number of rotatable bonds is 5. The molecule has 0 saturated carbocycles. The lowest BCUT2D eigenvalue weighted by molar-refractivity contribution is 0.0793. The van der Waals surface area contributed by atoms with E-state index in [0.29, 0.717) is 16.3 Å². The first kappa shape index (κ1) is 15.1. The molecule has 0 bridgehead atoms. The van der Waals surface area contributed by atoms with Crippen LogP contribution in [0.5, 0.6) is 0 Å². The van der Waals surface area contributed by atoms with Gasteiger partial charge in [-0.15, -0.1) is 0 Å². The van der Waals surface area contributed by atoms with E-state index in [1.54, 1.807) is 18.2 Å². The molecule has 1 fully saturated rings. The van der Waals surface area contributed by atoms with Gasteiger partial charge in [-0.25, -0.2) is 0 Å². The molecule has 6 heteroatoms. The molecule has 3 N–H and O–H groups in total. The van der Waals surface area contributed by atoms with Crippen molar-refractivity contribution in [1.29, 1.82) is 0 Å². The Kier molecular flexibility index (Phi) is 5.23. The van der Waals surface area contributed by atoms with Crippen LogP contribution in [0.25, 0.3) is 0 Å². The third-order valence-corrected chi connectivity index (χ3v) is 3.68. The molecule has 110 valence electrons. The molecule has 1 aliphatic heterocycles. The van der Waals surface area contributed by atoms with Gasteiger partial charge in [0, 0.05) is 25.2 Å². The van der Waals surface area contributed by atoms with Crippen molar-refractivity contribution in [2.45, 2.75) is 18.9 Å². The number of aliphatic hydroxyl groups is 2. The maximum atomic E-state index is 12.3. The van der Waals surface area contributed by atoms with E-state index < -0.39 is 6.10 Å². The van der Waals surface area contributed by atoms with Crippen LogP contribution in [-0.4, -0.2) is 53.4 Å². The number of anilines is 1. The zero-order chi connectivity index (χ0) is 14.5. The van der Waals surface area contributed by atoms with Gasteiger partial charge >= 0.3 is 0 Å². The lowest BCUT2D eigenvalue weighted by atomic mass is 10.1. The Bertz CT molecular complexity index is 475. The fraction of sp³-hybridized carbons (Fsp3) is 0.500. The maximum Gasteiger partial charge on any atom is 0.253 e. The topological polar surface area (TPSA) is 72.8 Å². The molecule has 1 aromatic carbocycles. The molecule has 0 aromatic heterocycles. The molecule has 1 aliphatic rings. The van der Waals surface area contributed by atoms with Crippen LogP contribution in [0, 0.1) is 0 Å². The van der Waals surface area contributed by atoms with E-state index in [0.717, 1.165) is 25.9 Å². The number of nitrogens with zero attached hydrogens (tertiary/aromatic N) is 1. The van der Waals surface area contributed by atoms with Crippen LogP contribution in [-0.2, 0) is 0 Å². The maximum absolute atomic E-state index is 12.3. The Morgan fingerprint density at radius 1 is 1.40 bits per heavy atom. The summed E-state index contributed by atoms with van der Waals surface area (Å²) >= 11 is 6.06. The molecule has 1 unspecified atom stereocenters. The average Bonchev–Trinajstić information content (AvgIpc) is 2.99. The minimum Gasteiger partial charge on any atom is -0.394 e. The first-order chi connectivity index (χ1) is 9.61. The van der Waals surface area contributed by atoms with Crippen LogP contribution < -0.4 is 5.32 Å². The fourth-order valence-corrected chi connectivity index (χ4v) is 2.37. The minimum atomic E-state index is -0.857. The standard InChI is InChI=1S/C14H19ClN2O3/c15-12-4-3-10(14(20)17-5-1-2-6-17)7-13(12)16-8-11(19)9-18/h3-4,7,11,16,18-19H,1-2,5-6,8-9H2. The van der Waals surface area contributed by atoms with Crippen LogP contribution in [0.3, 0.4) is 0 Å². The number of aliphatic hydroxyl groups excluding tert-OH is 2. The highest BCUT2D eigenvalue weighted by Gasteiger charge is 2.20. The summed E-state index contributed by atoms with van der Waals surface area (Å²) in [6.45, 7) is 1.45. The number of carbonyl (C=O) groups is 1. The third kappa shape index (κ3) is 3.62. The summed E-state index contributed by atoms with van der Waals surface area (Å²) < 4.78 is 0. The number of hydrogen-bond acceptors (Lipinski definition) is 4. The predicted molar refractivity (Wildman–Crippen MR) is 78.2 cm³/mol. The van der Waals surface area contributed by atoms with Gasteiger partial charge in [0.15, 0.2) is 0 Å². The van der Waals surface area contributed by atoms with Crippen LogP contribution >= 0.6 is 11.6 Å². The van der Waals surface area contributed by atoms with Crippen molar-refractivity contribution < 1.29 is 15.0 Å². The number of halogens is 1. The van der Waals surface area contributed by atoms with Crippen molar-refractivity contribution in [3.63, 3.8) is 0 Å². The molecule has 1 heterocycles. The summed E-state index contributed by atoms with van der Waals surface area (Å²) in [6, 6.07) is 5.06. The van der Waals surface area contributed by atoms with Gasteiger partial charge in [-0.1, -0.05) is 11.6 Å². The smallest absolute Gasteiger partial charge is 0.253 e. The number of benzene rings is 1. The monoisotopic (exact) mass is 298 g/mol. The predicted octanol–water partition coefficient (Wildman–Crippen LogP) is 1.34. The van der Waals surface area contributed by atoms with Gasteiger partial charge in [0.2, 0.25) is 0 Å². The van der Waals surface area contributed by atoms with Crippen molar-refractivity contribution in [1.82, 2.24) is 4.90 Å². The molecule has 5 nitrogen and oxygen atoms in total. The number of hydrogen-bond donors (Lipinski definition) is 3. The van der Waals surface area contributed by atoms with Crippen LogP contribution in [0.1, 0.15) is 23.2 Å². The zero-order valence-electron chi connectivity index (χ0n) is 11.2. The lowest BCUT2D eigenvalue weighted by Gasteiger charge is -2.17. The molecule has 0 spiro atoms. The van der Waals surface area contributed by atoms with Gasteiger partial charge in [-0.2, -0.15) is 0 Å². The summed E-state index contributed by atoms with van der Waals surface area (Å²) in [4.78, 5) is 14.1. The summed E-state index contributed by atoms with van der Waals surface area (Å²) in [7, 11) is 0. The molecule has 1 amide bonds. The van der Waals surface area contributed by atoms with Crippen molar-refractivity contribution in [2.24, 2.45) is 0 Å². The first-order valence-electron chi connectivity index (χ1n) is 6.73. The van der Waals surface area contributed by atoms with Crippen molar-refractivity contribution in [3.05, 3.63) is 28.8 Å².